The van der Waals surface area contributed by atoms with Crippen LogP contribution in [0.15, 0.2) is 53.6 Å². The van der Waals surface area contributed by atoms with Gasteiger partial charge in [0.15, 0.2) is 0 Å². The first-order valence-corrected chi connectivity index (χ1v) is 8.06. The van der Waals surface area contributed by atoms with Gasteiger partial charge in [0.1, 0.15) is 0 Å². The topological polar surface area (TPSA) is 89.5 Å². The number of benzene rings is 2. The van der Waals surface area contributed by atoms with Crippen LogP contribution < -0.4 is 5.43 Å². The normalized spacial score (nSPS) is 11.2. The van der Waals surface area contributed by atoms with Crippen LogP contribution in [0.4, 0.5) is 5.69 Å². The number of nitrogens with zero attached hydrogens (tertiary/aromatic N) is 3. The van der Waals surface area contributed by atoms with E-state index in [4.69, 9.17) is 0 Å². The third kappa shape index (κ3) is 3.46. The molecule has 0 saturated carbocycles. The number of nitro benzene ring substituents is 1. The maximum Gasteiger partial charge on any atom is 0.269 e. The number of non-ortho nitro benzene ring substituents is 1. The Balaban J connectivity index is 1.68. The van der Waals surface area contributed by atoms with Crippen LogP contribution in [0, 0.1) is 17.0 Å². The van der Waals surface area contributed by atoms with Gasteiger partial charge in [-0.05, 0) is 18.6 Å². The van der Waals surface area contributed by atoms with Gasteiger partial charge < -0.3 is 4.57 Å². The zero-order valence-electron chi connectivity index (χ0n) is 14.5. The van der Waals surface area contributed by atoms with Crippen LogP contribution in [0.3, 0.4) is 0 Å². The monoisotopic (exact) mass is 350 g/mol. The third-order valence-corrected chi connectivity index (χ3v) is 4.34. The van der Waals surface area contributed by atoms with Crippen LogP contribution in [-0.4, -0.2) is 21.6 Å². The van der Waals surface area contributed by atoms with Gasteiger partial charge in [-0.25, -0.2) is 5.43 Å². The van der Waals surface area contributed by atoms with Gasteiger partial charge in [-0.3, -0.25) is 14.9 Å². The summed E-state index contributed by atoms with van der Waals surface area (Å²) < 4.78 is 2.08. The molecule has 1 amide bonds. The molecule has 0 bridgehead atoms. The van der Waals surface area contributed by atoms with Crippen LogP contribution in [0.1, 0.15) is 16.8 Å². The van der Waals surface area contributed by atoms with Crippen molar-refractivity contribution in [2.24, 2.45) is 12.1 Å². The standard InChI is InChI=1S/C19H18N4O3/c1-13-17(16-5-3-4-6-18(16)22(13)2)12-20-21-19(24)11-14-7-9-15(10-8-14)23(25)26/h3-10,12H,11H2,1-2H3,(H,21,24)/b20-12-. The Morgan fingerprint density at radius 3 is 2.62 bits per heavy atom. The number of aromatic nitrogens is 1. The summed E-state index contributed by atoms with van der Waals surface area (Å²) in [6.07, 6.45) is 1.75. The lowest BCUT2D eigenvalue weighted by molar-refractivity contribution is -0.384. The van der Waals surface area contributed by atoms with Crippen molar-refractivity contribution in [1.29, 1.82) is 0 Å². The number of hydrogen-bond acceptors (Lipinski definition) is 4. The fourth-order valence-electron chi connectivity index (χ4n) is 2.84. The predicted molar refractivity (Wildman–Crippen MR) is 100 cm³/mol. The molecule has 0 aliphatic carbocycles. The van der Waals surface area contributed by atoms with E-state index in [9.17, 15) is 14.9 Å². The summed E-state index contributed by atoms with van der Waals surface area (Å²) in [5.41, 5.74) is 6.30. The van der Waals surface area contributed by atoms with E-state index in [1.807, 2.05) is 38.2 Å². The third-order valence-electron chi connectivity index (χ3n) is 4.34. The summed E-state index contributed by atoms with van der Waals surface area (Å²) in [7, 11) is 1.99. The number of nitro groups is 1. The van der Waals surface area contributed by atoms with Crippen molar-refractivity contribution in [1.82, 2.24) is 9.99 Å². The van der Waals surface area contributed by atoms with Gasteiger partial charge in [-0.15, -0.1) is 0 Å². The highest BCUT2D eigenvalue weighted by Crippen LogP contribution is 2.22. The molecule has 0 spiro atoms. The molecule has 0 fully saturated rings. The predicted octanol–water partition coefficient (Wildman–Crippen LogP) is 3.09. The van der Waals surface area contributed by atoms with Crippen molar-refractivity contribution >= 4 is 28.7 Å². The van der Waals surface area contributed by atoms with Gasteiger partial charge >= 0.3 is 0 Å². The Kier molecular flexibility index (Phi) is 4.79. The number of hydrazone groups is 1. The lowest BCUT2D eigenvalue weighted by atomic mass is 10.1. The molecule has 26 heavy (non-hydrogen) atoms. The summed E-state index contributed by atoms with van der Waals surface area (Å²) >= 11 is 0. The first-order valence-electron chi connectivity index (χ1n) is 8.06. The molecule has 0 aliphatic rings. The van der Waals surface area contributed by atoms with Crippen LogP contribution in [0.2, 0.25) is 0 Å². The molecule has 0 unspecified atom stereocenters. The summed E-state index contributed by atoms with van der Waals surface area (Å²) in [6.45, 7) is 2.00. The minimum atomic E-state index is -0.472. The fourth-order valence-corrected chi connectivity index (χ4v) is 2.84. The second-order valence-electron chi connectivity index (χ2n) is 5.97. The van der Waals surface area contributed by atoms with Crippen molar-refractivity contribution < 1.29 is 9.72 Å². The highest BCUT2D eigenvalue weighted by Gasteiger charge is 2.10. The van der Waals surface area contributed by atoms with Gasteiger partial charge in [0.25, 0.3) is 5.69 Å². The second-order valence-corrected chi connectivity index (χ2v) is 5.97. The van der Waals surface area contributed by atoms with Crippen LogP contribution >= 0.6 is 0 Å². The Bertz CT molecular complexity index is 1000. The highest BCUT2D eigenvalue weighted by atomic mass is 16.6. The number of carbonyl (C=O) groups is 1. The maximum absolute atomic E-state index is 12.0. The molecule has 1 N–H and O–H groups in total. The van der Waals surface area contributed by atoms with E-state index in [0.717, 1.165) is 22.2 Å². The molecule has 0 radical (unpaired) electrons. The maximum atomic E-state index is 12.0. The fraction of sp³-hybridized carbons (Fsp3) is 0.158. The quantitative estimate of drug-likeness (QED) is 0.435. The van der Waals surface area contributed by atoms with Gasteiger partial charge in [0.2, 0.25) is 5.91 Å². The second kappa shape index (κ2) is 7.18. The van der Waals surface area contributed by atoms with Crippen molar-refractivity contribution in [3.63, 3.8) is 0 Å². The number of amides is 1. The summed E-state index contributed by atoms with van der Waals surface area (Å²) in [4.78, 5) is 22.2. The minimum Gasteiger partial charge on any atom is -0.347 e. The van der Waals surface area contributed by atoms with Gasteiger partial charge in [-0.2, -0.15) is 5.10 Å². The average Bonchev–Trinajstić information content (AvgIpc) is 2.87. The van der Waals surface area contributed by atoms with E-state index >= 15 is 0 Å². The SMILES string of the molecule is Cc1c(/C=N\NC(=O)Cc2ccc([N+](=O)[O-])cc2)c2ccccc2n1C. The van der Waals surface area contributed by atoms with E-state index in [0.29, 0.717) is 5.56 Å². The number of carbonyl (C=O) groups excluding carboxylic acids is 1. The molecule has 7 heteroatoms. The number of para-hydroxylation sites is 1. The highest BCUT2D eigenvalue weighted by molar-refractivity contribution is 6.01. The summed E-state index contributed by atoms with van der Waals surface area (Å²) in [5, 5.41) is 15.8. The summed E-state index contributed by atoms with van der Waals surface area (Å²) in [5.74, 6) is -0.284. The molecule has 132 valence electrons. The molecular formula is C19H18N4O3. The first-order chi connectivity index (χ1) is 12.5. The molecule has 3 rings (SSSR count). The Hall–Kier alpha value is -3.48. The van der Waals surface area contributed by atoms with Crippen molar-refractivity contribution in [3.05, 3.63) is 75.5 Å². The zero-order chi connectivity index (χ0) is 18.7. The smallest absolute Gasteiger partial charge is 0.269 e. The lowest BCUT2D eigenvalue weighted by Crippen LogP contribution is -2.19. The van der Waals surface area contributed by atoms with Crippen LogP contribution in [-0.2, 0) is 18.3 Å². The van der Waals surface area contributed by atoms with E-state index in [-0.39, 0.29) is 18.0 Å². The van der Waals surface area contributed by atoms with Gasteiger partial charge in [-0.1, -0.05) is 30.3 Å². The molecular weight excluding hydrogens is 332 g/mol. The Labute approximate surface area is 150 Å². The summed E-state index contributed by atoms with van der Waals surface area (Å²) in [6, 6.07) is 13.9. The number of nitrogens with one attached hydrogen (secondary N) is 1. The first kappa shape index (κ1) is 17.3. The Morgan fingerprint density at radius 1 is 1.23 bits per heavy atom. The van der Waals surface area contributed by atoms with Gasteiger partial charge in [0.05, 0.1) is 17.6 Å². The molecule has 7 nitrogen and oxygen atoms in total. The zero-order valence-corrected chi connectivity index (χ0v) is 14.5. The molecule has 1 heterocycles. The number of aryl methyl sites for hydroxylation is 1. The van der Waals surface area contributed by atoms with Crippen molar-refractivity contribution in [2.45, 2.75) is 13.3 Å². The number of hydrogen-bond donors (Lipinski definition) is 1. The van der Waals surface area contributed by atoms with Crippen molar-refractivity contribution in [3.8, 4) is 0 Å². The molecule has 0 atom stereocenters. The van der Waals surface area contributed by atoms with E-state index in [1.54, 1.807) is 18.3 Å². The molecule has 3 aromatic rings. The molecule has 0 saturated heterocycles. The van der Waals surface area contributed by atoms with Crippen molar-refractivity contribution in [2.75, 3.05) is 0 Å². The molecule has 0 aliphatic heterocycles. The van der Waals surface area contributed by atoms with E-state index < -0.39 is 4.92 Å². The van der Waals surface area contributed by atoms with Crippen LogP contribution in [0.25, 0.3) is 10.9 Å². The van der Waals surface area contributed by atoms with Gasteiger partial charge in [0, 0.05) is 41.3 Å². The van der Waals surface area contributed by atoms with Crippen LogP contribution in [0.5, 0.6) is 0 Å². The largest absolute Gasteiger partial charge is 0.347 e. The molecule has 2 aromatic carbocycles. The van der Waals surface area contributed by atoms with E-state index in [2.05, 4.69) is 15.1 Å². The average molecular weight is 350 g/mol. The molecule has 1 aromatic heterocycles. The van der Waals surface area contributed by atoms with E-state index in [1.165, 1.54) is 12.1 Å². The number of rotatable bonds is 5. The minimum absolute atomic E-state index is 0.00129. The Morgan fingerprint density at radius 2 is 1.92 bits per heavy atom. The lowest BCUT2D eigenvalue weighted by Gasteiger charge is -2.01. The number of fused-ring (bicyclic) bond motifs is 1.